The summed E-state index contributed by atoms with van der Waals surface area (Å²) in [6.45, 7) is 1.92. The highest BCUT2D eigenvalue weighted by atomic mass is 35.5. The number of rotatable bonds is 7. The molecule has 7 heteroatoms. The number of halogens is 1. The molecule has 3 aromatic carbocycles. The van der Waals surface area contributed by atoms with Gasteiger partial charge in [0.25, 0.3) is 5.91 Å². The minimum atomic E-state index is -0.227. The van der Waals surface area contributed by atoms with Crippen molar-refractivity contribution in [3.05, 3.63) is 89.1 Å². The molecule has 1 atom stereocenters. The standard InChI is InChI=1S/C26H23ClN2O4/c1-16(17-8-10-18(27)11-9-17)29-25(30)20-6-4-5-7-21(20)26-28-15-24(33-26)22-13-12-19(31-2)14-23(22)32-3/h4-16H,1-3H3,(H,29,30)/t16-/m1/s1. The van der Waals surface area contributed by atoms with Gasteiger partial charge in [-0.15, -0.1) is 0 Å². The summed E-state index contributed by atoms with van der Waals surface area (Å²) in [7, 11) is 3.17. The van der Waals surface area contributed by atoms with Crippen molar-refractivity contribution >= 4 is 17.5 Å². The lowest BCUT2D eigenvalue weighted by Crippen LogP contribution is -2.27. The lowest BCUT2D eigenvalue weighted by molar-refractivity contribution is 0.0940. The van der Waals surface area contributed by atoms with Crippen molar-refractivity contribution in [1.82, 2.24) is 10.3 Å². The number of aromatic nitrogens is 1. The van der Waals surface area contributed by atoms with Gasteiger partial charge in [0.2, 0.25) is 5.89 Å². The summed E-state index contributed by atoms with van der Waals surface area (Å²) in [5, 5.41) is 3.68. The number of nitrogens with one attached hydrogen (secondary N) is 1. The second-order valence-corrected chi connectivity index (χ2v) is 7.82. The van der Waals surface area contributed by atoms with Gasteiger partial charge in [0.15, 0.2) is 5.76 Å². The minimum absolute atomic E-state index is 0.202. The molecule has 0 aliphatic carbocycles. The molecular weight excluding hydrogens is 440 g/mol. The van der Waals surface area contributed by atoms with E-state index in [1.165, 1.54) is 0 Å². The predicted octanol–water partition coefficient (Wildman–Crippen LogP) is 6.17. The molecular formula is C26H23ClN2O4. The molecule has 33 heavy (non-hydrogen) atoms. The first-order chi connectivity index (χ1) is 16.0. The Morgan fingerprint density at radius 1 is 1.00 bits per heavy atom. The molecule has 0 aliphatic heterocycles. The number of hydrogen-bond acceptors (Lipinski definition) is 5. The molecule has 0 fully saturated rings. The predicted molar refractivity (Wildman–Crippen MR) is 128 cm³/mol. The Kier molecular flexibility index (Phi) is 6.66. The third kappa shape index (κ3) is 4.86. The Hall–Kier alpha value is -3.77. The first-order valence-electron chi connectivity index (χ1n) is 10.3. The average Bonchev–Trinajstić information content (AvgIpc) is 3.34. The van der Waals surface area contributed by atoms with Crippen LogP contribution in [0.1, 0.15) is 28.9 Å². The number of hydrogen-bond donors (Lipinski definition) is 1. The van der Waals surface area contributed by atoms with Gasteiger partial charge in [0, 0.05) is 16.7 Å². The van der Waals surface area contributed by atoms with Crippen molar-refractivity contribution < 1.29 is 18.7 Å². The monoisotopic (exact) mass is 462 g/mol. The molecule has 1 amide bonds. The van der Waals surface area contributed by atoms with Gasteiger partial charge in [-0.05, 0) is 48.9 Å². The highest BCUT2D eigenvalue weighted by molar-refractivity contribution is 6.30. The van der Waals surface area contributed by atoms with E-state index in [-0.39, 0.29) is 11.9 Å². The van der Waals surface area contributed by atoms with Crippen LogP contribution in [-0.4, -0.2) is 25.1 Å². The molecule has 0 radical (unpaired) electrons. The second-order valence-electron chi connectivity index (χ2n) is 7.39. The van der Waals surface area contributed by atoms with Crippen LogP contribution < -0.4 is 14.8 Å². The first kappa shape index (κ1) is 22.4. The van der Waals surface area contributed by atoms with Crippen molar-refractivity contribution in [1.29, 1.82) is 0 Å². The third-order valence-electron chi connectivity index (χ3n) is 5.30. The van der Waals surface area contributed by atoms with Gasteiger partial charge in [0.1, 0.15) is 11.5 Å². The quantitative estimate of drug-likeness (QED) is 0.355. The number of nitrogens with zero attached hydrogens (tertiary/aromatic N) is 1. The van der Waals surface area contributed by atoms with Crippen molar-refractivity contribution in [2.45, 2.75) is 13.0 Å². The number of ether oxygens (including phenoxy) is 2. The molecule has 0 bridgehead atoms. The molecule has 4 rings (SSSR count). The smallest absolute Gasteiger partial charge is 0.252 e. The van der Waals surface area contributed by atoms with Crippen molar-refractivity contribution in [2.75, 3.05) is 14.2 Å². The summed E-state index contributed by atoms with van der Waals surface area (Å²) in [4.78, 5) is 17.5. The van der Waals surface area contributed by atoms with Crippen LogP contribution in [0.25, 0.3) is 22.8 Å². The Balaban J connectivity index is 1.61. The zero-order valence-electron chi connectivity index (χ0n) is 18.5. The average molecular weight is 463 g/mol. The van der Waals surface area contributed by atoms with E-state index in [1.807, 2.05) is 49.4 Å². The maximum absolute atomic E-state index is 13.1. The highest BCUT2D eigenvalue weighted by Gasteiger charge is 2.20. The lowest BCUT2D eigenvalue weighted by Gasteiger charge is -2.15. The van der Waals surface area contributed by atoms with Crippen molar-refractivity contribution in [3.8, 4) is 34.3 Å². The van der Waals surface area contributed by atoms with E-state index in [9.17, 15) is 4.79 Å². The summed E-state index contributed by atoms with van der Waals surface area (Å²) < 4.78 is 16.8. The molecule has 168 valence electrons. The first-order valence-corrected chi connectivity index (χ1v) is 10.7. The number of benzene rings is 3. The van der Waals surface area contributed by atoms with Crippen molar-refractivity contribution in [2.24, 2.45) is 0 Å². The van der Waals surface area contributed by atoms with Crippen LogP contribution in [0, 0.1) is 0 Å². The van der Waals surface area contributed by atoms with Crippen LogP contribution in [0.15, 0.2) is 77.3 Å². The van der Waals surface area contributed by atoms with Gasteiger partial charge in [-0.25, -0.2) is 4.98 Å². The zero-order chi connectivity index (χ0) is 23.4. The van der Waals surface area contributed by atoms with Crippen LogP contribution in [0.5, 0.6) is 11.5 Å². The number of amides is 1. The van der Waals surface area contributed by atoms with E-state index < -0.39 is 0 Å². The SMILES string of the molecule is COc1ccc(-c2cnc(-c3ccccc3C(=O)N[C@H](C)c3ccc(Cl)cc3)o2)c(OC)c1. The number of methoxy groups -OCH3 is 2. The summed E-state index contributed by atoms with van der Waals surface area (Å²) in [6.07, 6.45) is 1.62. The molecule has 0 saturated carbocycles. The molecule has 0 unspecified atom stereocenters. The largest absolute Gasteiger partial charge is 0.497 e. The van der Waals surface area contributed by atoms with Gasteiger partial charge in [0.05, 0.1) is 37.6 Å². The van der Waals surface area contributed by atoms with Gasteiger partial charge >= 0.3 is 0 Å². The van der Waals surface area contributed by atoms with E-state index in [1.54, 1.807) is 44.7 Å². The molecule has 1 aromatic heterocycles. The third-order valence-corrected chi connectivity index (χ3v) is 5.55. The van der Waals surface area contributed by atoms with E-state index in [0.29, 0.717) is 39.3 Å². The van der Waals surface area contributed by atoms with Gasteiger partial charge < -0.3 is 19.2 Å². The van der Waals surface area contributed by atoms with E-state index in [0.717, 1.165) is 11.1 Å². The van der Waals surface area contributed by atoms with E-state index in [4.69, 9.17) is 25.5 Å². The fourth-order valence-corrected chi connectivity index (χ4v) is 3.63. The number of carbonyl (C=O) groups is 1. The second kappa shape index (κ2) is 9.79. The zero-order valence-corrected chi connectivity index (χ0v) is 19.2. The fourth-order valence-electron chi connectivity index (χ4n) is 3.50. The molecule has 1 heterocycles. The Bertz CT molecular complexity index is 1270. The Morgan fingerprint density at radius 2 is 1.76 bits per heavy atom. The topological polar surface area (TPSA) is 73.6 Å². The van der Waals surface area contributed by atoms with Crippen LogP contribution in [0.3, 0.4) is 0 Å². The maximum Gasteiger partial charge on any atom is 0.252 e. The number of carbonyl (C=O) groups excluding carboxylic acids is 1. The Labute approximate surface area is 197 Å². The molecule has 0 aliphatic rings. The van der Waals surface area contributed by atoms with Crippen LogP contribution in [0.4, 0.5) is 0 Å². The minimum Gasteiger partial charge on any atom is -0.497 e. The summed E-state index contributed by atoms with van der Waals surface area (Å²) in [5.74, 6) is 1.91. The van der Waals surface area contributed by atoms with Gasteiger partial charge in [-0.1, -0.05) is 35.9 Å². The summed E-state index contributed by atoms with van der Waals surface area (Å²) >= 11 is 5.97. The molecule has 0 spiro atoms. The Morgan fingerprint density at radius 3 is 2.48 bits per heavy atom. The van der Waals surface area contributed by atoms with E-state index in [2.05, 4.69) is 10.3 Å². The van der Waals surface area contributed by atoms with Crippen LogP contribution in [0.2, 0.25) is 5.02 Å². The van der Waals surface area contributed by atoms with E-state index >= 15 is 0 Å². The molecule has 4 aromatic rings. The summed E-state index contributed by atoms with van der Waals surface area (Å²) in [6, 6.07) is 19.8. The molecule has 1 N–H and O–H groups in total. The van der Waals surface area contributed by atoms with Gasteiger partial charge in [-0.2, -0.15) is 0 Å². The highest BCUT2D eigenvalue weighted by Crippen LogP contribution is 2.35. The summed E-state index contributed by atoms with van der Waals surface area (Å²) in [5.41, 5.74) is 2.75. The lowest BCUT2D eigenvalue weighted by atomic mass is 10.0. The normalized spacial score (nSPS) is 11.6. The van der Waals surface area contributed by atoms with Crippen molar-refractivity contribution in [3.63, 3.8) is 0 Å². The maximum atomic E-state index is 13.1. The molecule has 6 nitrogen and oxygen atoms in total. The van der Waals surface area contributed by atoms with Crippen LogP contribution in [-0.2, 0) is 0 Å². The van der Waals surface area contributed by atoms with Crippen LogP contribution >= 0.6 is 11.6 Å². The van der Waals surface area contributed by atoms with Gasteiger partial charge in [-0.3, -0.25) is 4.79 Å². The fraction of sp³-hybridized carbons (Fsp3) is 0.154. The molecule has 0 saturated heterocycles. The number of oxazole rings is 1.